The fraction of sp³-hybridized carbons (Fsp3) is 0.125. The Hall–Kier alpha value is -1.55. The molecule has 3 N–H and O–H groups in total. The van der Waals surface area contributed by atoms with E-state index < -0.39 is 0 Å². The van der Waals surface area contributed by atoms with E-state index in [9.17, 15) is 9.90 Å². The summed E-state index contributed by atoms with van der Waals surface area (Å²) < 4.78 is 0. The van der Waals surface area contributed by atoms with Crippen LogP contribution in [-0.2, 0) is 0 Å². The van der Waals surface area contributed by atoms with Gasteiger partial charge in [0.05, 0.1) is 5.56 Å². The van der Waals surface area contributed by atoms with Gasteiger partial charge in [0.2, 0.25) is 0 Å². The van der Waals surface area contributed by atoms with E-state index in [0.29, 0.717) is 5.75 Å². The first kappa shape index (κ1) is 8.55. The number of Topliss-reactive ketones (excluding diaryl/α,β-unsaturated/α-hetero) is 1. The maximum absolute atomic E-state index is 10.8. The third-order valence-electron chi connectivity index (χ3n) is 1.48. The molecule has 12 heavy (non-hydrogen) atoms. The van der Waals surface area contributed by atoms with Crippen molar-refractivity contribution in [2.75, 3.05) is 0 Å². The van der Waals surface area contributed by atoms with Crippen molar-refractivity contribution >= 4 is 5.78 Å². The topological polar surface area (TPSA) is 72.5 Å². The minimum atomic E-state index is -0.198. The average molecular weight is 167 g/mol. The molecule has 0 saturated heterocycles. The van der Waals surface area contributed by atoms with Crippen LogP contribution in [0.5, 0.6) is 11.5 Å². The number of rotatable bonds is 2. The van der Waals surface area contributed by atoms with Crippen molar-refractivity contribution in [2.24, 2.45) is 5.90 Å². The number of carbonyl (C=O) groups excluding carboxylic acids is 1. The number of nitrogens with two attached hydrogens (primary N) is 1. The van der Waals surface area contributed by atoms with Crippen LogP contribution in [0.2, 0.25) is 0 Å². The van der Waals surface area contributed by atoms with Gasteiger partial charge in [0.1, 0.15) is 5.75 Å². The first-order valence-electron chi connectivity index (χ1n) is 3.36. The highest BCUT2D eigenvalue weighted by Crippen LogP contribution is 2.22. The van der Waals surface area contributed by atoms with Crippen molar-refractivity contribution in [2.45, 2.75) is 6.92 Å². The molecule has 0 bridgehead atoms. The molecule has 0 fully saturated rings. The Balaban J connectivity index is 3.12. The van der Waals surface area contributed by atoms with Crippen molar-refractivity contribution in [3.05, 3.63) is 23.8 Å². The van der Waals surface area contributed by atoms with E-state index in [0.717, 1.165) is 0 Å². The molecule has 0 aliphatic carbocycles. The third kappa shape index (κ3) is 1.54. The normalized spacial score (nSPS) is 9.50. The number of phenols is 1. The molecule has 0 spiro atoms. The Kier molecular flexibility index (Phi) is 2.30. The van der Waals surface area contributed by atoms with Gasteiger partial charge in [-0.1, -0.05) is 0 Å². The summed E-state index contributed by atoms with van der Waals surface area (Å²) in [6.45, 7) is 1.37. The fourth-order valence-electron chi connectivity index (χ4n) is 0.882. The van der Waals surface area contributed by atoms with E-state index in [4.69, 9.17) is 5.90 Å². The lowest BCUT2D eigenvalue weighted by Gasteiger charge is -2.02. The van der Waals surface area contributed by atoms with Gasteiger partial charge >= 0.3 is 0 Å². The maximum atomic E-state index is 10.8. The van der Waals surface area contributed by atoms with Crippen LogP contribution in [0, 0.1) is 0 Å². The second-order valence-electron chi connectivity index (χ2n) is 2.35. The number of hydrogen-bond acceptors (Lipinski definition) is 4. The van der Waals surface area contributed by atoms with Gasteiger partial charge in [-0.2, -0.15) is 5.90 Å². The summed E-state index contributed by atoms with van der Waals surface area (Å²) in [7, 11) is 0. The number of carbonyl (C=O) groups is 1. The summed E-state index contributed by atoms with van der Waals surface area (Å²) in [5.41, 5.74) is 0.260. The molecule has 0 saturated carbocycles. The van der Waals surface area contributed by atoms with Crippen LogP contribution in [0.25, 0.3) is 0 Å². The van der Waals surface area contributed by atoms with Crippen LogP contribution in [-0.4, -0.2) is 10.9 Å². The fourth-order valence-corrected chi connectivity index (χ4v) is 0.882. The van der Waals surface area contributed by atoms with Gasteiger partial charge in [0.15, 0.2) is 11.5 Å². The molecule has 1 aromatic rings. The second kappa shape index (κ2) is 3.23. The highest BCUT2D eigenvalue weighted by atomic mass is 16.6. The SMILES string of the molecule is CC(=O)c1ccc(ON)cc1O. The zero-order valence-electron chi connectivity index (χ0n) is 6.57. The van der Waals surface area contributed by atoms with Crippen LogP contribution in [0.4, 0.5) is 0 Å². The van der Waals surface area contributed by atoms with Crippen LogP contribution >= 0.6 is 0 Å². The smallest absolute Gasteiger partial charge is 0.163 e. The van der Waals surface area contributed by atoms with Gasteiger partial charge in [0, 0.05) is 6.07 Å². The van der Waals surface area contributed by atoms with Crippen LogP contribution in [0.15, 0.2) is 18.2 Å². The van der Waals surface area contributed by atoms with E-state index >= 15 is 0 Å². The zero-order chi connectivity index (χ0) is 9.14. The van der Waals surface area contributed by atoms with Crippen LogP contribution in [0.1, 0.15) is 17.3 Å². The Morgan fingerprint density at radius 2 is 2.25 bits per heavy atom. The Morgan fingerprint density at radius 1 is 1.58 bits per heavy atom. The van der Waals surface area contributed by atoms with Crippen molar-refractivity contribution in [1.82, 2.24) is 0 Å². The molecule has 0 radical (unpaired) electrons. The third-order valence-corrected chi connectivity index (χ3v) is 1.48. The molecule has 1 rings (SSSR count). The standard InChI is InChI=1S/C8H9NO3/c1-5(10)7-3-2-6(12-9)4-8(7)11/h2-4,11H,9H2,1H3. The van der Waals surface area contributed by atoms with E-state index in [1.807, 2.05) is 0 Å². The van der Waals surface area contributed by atoms with E-state index in [-0.39, 0.29) is 17.1 Å². The number of hydrogen-bond donors (Lipinski definition) is 2. The largest absolute Gasteiger partial charge is 0.507 e. The number of aromatic hydroxyl groups is 1. The van der Waals surface area contributed by atoms with Gasteiger partial charge in [0.25, 0.3) is 0 Å². The molecular formula is C8H9NO3. The lowest BCUT2D eigenvalue weighted by Crippen LogP contribution is -2.02. The summed E-state index contributed by atoms with van der Waals surface area (Å²) in [6, 6.07) is 4.26. The summed E-state index contributed by atoms with van der Waals surface area (Å²) in [4.78, 5) is 15.2. The van der Waals surface area contributed by atoms with Gasteiger partial charge in [-0.3, -0.25) is 4.79 Å². The zero-order valence-corrected chi connectivity index (χ0v) is 6.57. The van der Waals surface area contributed by atoms with Crippen molar-refractivity contribution in [3.8, 4) is 11.5 Å². The molecule has 0 amide bonds. The lowest BCUT2D eigenvalue weighted by atomic mass is 10.1. The molecule has 0 atom stereocenters. The molecule has 64 valence electrons. The molecule has 0 heterocycles. The second-order valence-corrected chi connectivity index (χ2v) is 2.35. The number of phenolic OH excluding ortho intramolecular Hbond substituents is 1. The Labute approximate surface area is 69.5 Å². The van der Waals surface area contributed by atoms with Gasteiger partial charge in [-0.15, -0.1) is 0 Å². The number of benzene rings is 1. The summed E-state index contributed by atoms with van der Waals surface area (Å²) in [5, 5.41) is 9.24. The quantitative estimate of drug-likeness (QED) is 0.505. The number of ketones is 1. The first-order chi connectivity index (χ1) is 5.65. The lowest BCUT2D eigenvalue weighted by molar-refractivity contribution is 0.101. The van der Waals surface area contributed by atoms with Gasteiger partial charge in [-0.05, 0) is 19.1 Å². The summed E-state index contributed by atoms with van der Waals surface area (Å²) >= 11 is 0. The Morgan fingerprint density at radius 3 is 2.67 bits per heavy atom. The highest BCUT2D eigenvalue weighted by molar-refractivity contribution is 5.96. The molecule has 0 aliphatic rings. The molecular weight excluding hydrogens is 158 g/mol. The molecule has 0 aromatic heterocycles. The van der Waals surface area contributed by atoms with Crippen LogP contribution < -0.4 is 10.7 Å². The molecule has 0 aliphatic heterocycles. The Bertz CT molecular complexity index is 309. The van der Waals surface area contributed by atoms with Crippen LogP contribution in [0.3, 0.4) is 0 Å². The van der Waals surface area contributed by atoms with Gasteiger partial charge < -0.3 is 9.94 Å². The van der Waals surface area contributed by atoms with E-state index in [1.54, 1.807) is 0 Å². The summed E-state index contributed by atoms with van der Waals surface area (Å²) in [5.74, 6) is 4.85. The molecule has 1 aromatic carbocycles. The van der Waals surface area contributed by atoms with E-state index in [1.165, 1.54) is 25.1 Å². The van der Waals surface area contributed by atoms with Crippen molar-refractivity contribution < 1.29 is 14.7 Å². The predicted octanol–water partition coefficient (Wildman–Crippen LogP) is 0.847. The summed E-state index contributed by atoms with van der Waals surface area (Å²) in [6.07, 6.45) is 0. The molecule has 0 unspecified atom stereocenters. The first-order valence-corrected chi connectivity index (χ1v) is 3.36. The minimum Gasteiger partial charge on any atom is -0.507 e. The monoisotopic (exact) mass is 167 g/mol. The van der Waals surface area contributed by atoms with E-state index in [2.05, 4.69) is 4.84 Å². The van der Waals surface area contributed by atoms with Crippen molar-refractivity contribution in [1.29, 1.82) is 0 Å². The van der Waals surface area contributed by atoms with Gasteiger partial charge in [-0.25, -0.2) is 0 Å². The molecule has 4 heteroatoms. The maximum Gasteiger partial charge on any atom is 0.163 e. The van der Waals surface area contributed by atoms with Crippen molar-refractivity contribution in [3.63, 3.8) is 0 Å². The highest BCUT2D eigenvalue weighted by Gasteiger charge is 2.06. The molecule has 4 nitrogen and oxygen atoms in total. The minimum absolute atomic E-state index is 0.120. The predicted molar refractivity (Wildman–Crippen MR) is 42.9 cm³/mol. The average Bonchev–Trinajstić information content (AvgIpc) is 2.03.